The van der Waals surface area contributed by atoms with Crippen molar-refractivity contribution in [2.75, 3.05) is 19.7 Å². The Morgan fingerprint density at radius 1 is 1.46 bits per heavy atom. The first-order valence-electron chi connectivity index (χ1n) is 8.60. The van der Waals surface area contributed by atoms with Crippen molar-refractivity contribution in [3.8, 4) is 11.5 Å². The van der Waals surface area contributed by atoms with Crippen molar-refractivity contribution in [2.24, 2.45) is 0 Å². The second kappa shape index (κ2) is 7.61. The van der Waals surface area contributed by atoms with Crippen LogP contribution < -0.4 is 0 Å². The molecule has 0 saturated carbocycles. The van der Waals surface area contributed by atoms with Gasteiger partial charge in [0.05, 0.1) is 25.5 Å². The van der Waals surface area contributed by atoms with Crippen molar-refractivity contribution >= 4 is 5.91 Å². The smallest absolute Gasteiger partial charge is 0.219 e. The standard InChI is InChI=1S/C17H25N5O2/c1-3-4-5-16-19-10-15(20-16)17-18-6-7-22(17)12-14-11-21(13(2)23)8-9-24-14/h6-7,10,14H,3-5,8-9,11-12H2,1-2H3,(H,19,20)/t14-/m0/s1. The van der Waals surface area contributed by atoms with Gasteiger partial charge in [-0.05, 0) is 6.42 Å². The lowest BCUT2D eigenvalue weighted by Crippen LogP contribution is -2.46. The number of amides is 1. The third-order valence-corrected chi connectivity index (χ3v) is 4.34. The molecule has 1 N–H and O–H groups in total. The molecule has 1 aliphatic heterocycles. The number of hydrogen-bond donors (Lipinski definition) is 1. The highest BCUT2D eigenvalue weighted by Gasteiger charge is 2.23. The molecule has 0 spiro atoms. The number of carbonyl (C=O) groups is 1. The number of unbranched alkanes of at least 4 members (excludes halogenated alkanes) is 1. The molecule has 7 heteroatoms. The van der Waals surface area contributed by atoms with E-state index >= 15 is 0 Å². The van der Waals surface area contributed by atoms with E-state index in [0.717, 1.165) is 36.6 Å². The summed E-state index contributed by atoms with van der Waals surface area (Å²) in [6.45, 7) is 6.32. The van der Waals surface area contributed by atoms with Gasteiger partial charge in [0.25, 0.3) is 0 Å². The van der Waals surface area contributed by atoms with Crippen LogP contribution in [0.3, 0.4) is 0 Å². The van der Waals surface area contributed by atoms with Gasteiger partial charge in [0, 0.05) is 38.8 Å². The largest absolute Gasteiger partial charge is 0.373 e. The molecule has 7 nitrogen and oxygen atoms in total. The average Bonchev–Trinajstić information content (AvgIpc) is 3.22. The summed E-state index contributed by atoms with van der Waals surface area (Å²) in [4.78, 5) is 25.6. The van der Waals surface area contributed by atoms with Gasteiger partial charge in [-0.1, -0.05) is 13.3 Å². The summed E-state index contributed by atoms with van der Waals surface area (Å²) in [5.74, 6) is 1.95. The zero-order valence-electron chi connectivity index (χ0n) is 14.4. The predicted octanol–water partition coefficient (Wildman–Crippen LogP) is 1.86. The van der Waals surface area contributed by atoms with Crippen LogP contribution in [-0.4, -0.2) is 56.1 Å². The van der Waals surface area contributed by atoms with E-state index in [0.29, 0.717) is 26.2 Å². The molecule has 1 aliphatic rings. The maximum absolute atomic E-state index is 11.6. The highest BCUT2D eigenvalue weighted by molar-refractivity contribution is 5.73. The number of aromatic amines is 1. The van der Waals surface area contributed by atoms with E-state index in [4.69, 9.17) is 4.74 Å². The first-order chi connectivity index (χ1) is 11.7. The Balaban J connectivity index is 1.69. The molecule has 0 radical (unpaired) electrons. The molecule has 24 heavy (non-hydrogen) atoms. The average molecular weight is 331 g/mol. The van der Waals surface area contributed by atoms with E-state index in [1.807, 2.05) is 17.3 Å². The van der Waals surface area contributed by atoms with Gasteiger partial charge in [-0.25, -0.2) is 9.97 Å². The lowest BCUT2D eigenvalue weighted by Gasteiger charge is -2.32. The normalized spacial score (nSPS) is 18.1. The zero-order valence-corrected chi connectivity index (χ0v) is 14.4. The molecular formula is C17H25N5O2. The first-order valence-corrected chi connectivity index (χ1v) is 8.60. The van der Waals surface area contributed by atoms with Crippen molar-refractivity contribution in [3.63, 3.8) is 0 Å². The SMILES string of the molecule is CCCCc1ncc(-c2nccn2C[C@@H]2CN(C(C)=O)CCO2)[nH]1. The Hall–Kier alpha value is -2.15. The maximum Gasteiger partial charge on any atom is 0.219 e. The molecule has 3 rings (SSSR count). The van der Waals surface area contributed by atoms with Crippen LogP contribution in [0.1, 0.15) is 32.5 Å². The number of ether oxygens (including phenoxy) is 1. The molecule has 0 aromatic carbocycles. The number of imidazole rings is 2. The number of nitrogens with zero attached hydrogens (tertiary/aromatic N) is 4. The Labute approximate surface area is 142 Å². The topological polar surface area (TPSA) is 76.0 Å². The second-order valence-corrected chi connectivity index (χ2v) is 6.21. The van der Waals surface area contributed by atoms with Crippen LogP contribution >= 0.6 is 0 Å². The summed E-state index contributed by atoms with van der Waals surface area (Å²) in [7, 11) is 0. The maximum atomic E-state index is 11.6. The number of nitrogens with one attached hydrogen (secondary N) is 1. The summed E-state index contributed by atoms with van der Waals surface area (Å²) in [5, 5.41) is 0. The molecule has 0 bridgehead atoms. The van der Waals surface area contributed by atoms with E-state index in [-0.39, 0.29) is 12.0 Å². The second-order valence-electron chi connectivity index (χ2n) is 6.21. The lowest BCUT2D eigenvalue weighted by atomic mass is 10.2. The highest BCUT2D eigenvalue weighted by Crippen LogP contribution is 2.18. The van der Waals surface area contributed by atoms with Crippen LogP contribution in [0.15, 0.2) is 18.6 Å². The Morgan fingerprint density at radius 2 is 2.33 bits per heavy atom. The number of aromatic nitrogens is 4. The zero-order chi connectivity index (χ0) is 16.9. The fraction of sp³-hybridized carbons (Fsp3) is 0.588. The minimum Gasteiger partial charge on any atom is -0.373 e. The quantitative estimate of drug-likeness (QED) is 0.876. The number of carbonyl (C=O) groups excluding carboxylic acids is 1. The van der Waals surface area contributed by atoms with Gasteiger partial charge in [0.2, 0.25) is 5.91 Å². The van der Waals surface area contributed by atoms with Crippen LogP contribution in [0, 0.1) is 0 Å². The predicted molar refractivity (Wildman–Crippen MR) is 90.4 cm³/mol. The van der Waals surface area contributed by atoms with Gasteiger partial charge in [0.15, 0.2) is 5.82 Å². The van der Waals surface area contributed by atoms with Gasteiger partial charge >= 0.3 is 0 Å². The van der Waals surface area contributed by atoms with Gasteiger partial charge in [-0.15, -0.1) is 0 Å². The number of rotatable bonds is 6. The minimum absolute atomic E-state index is 0.0157. The molecule has 1 amide bonds. The Kier molecular flexibility index (Phi) is 5.30. The first kappa shape index (κ1) is 16.7. The molecule has 1 saturated heterocycles. The van der Waals surface area contributed by atoms with Gasteiger partial charge in [-0.3, -0.25) is 4.79 Å². The Morgan fingerprint density at radius 3 is 3.12 bits per heavy atom. The monoisotopic (exact) mass is 331 g/mol. The summed E-state index contributed by atoms with van der Waals surface area (Å²) in [6, 6.07) is 0. The van der Waals surface area contributed by atoms with Crippen molar-refractivity contribution < 1.29 is 9.53 Å². The highest BCUT2D eigenvalue weighted by atomic mass is 16.5. The fourth-order valence-electron chi connectivity index (χ4n) is 2.98. The molecule has 0 aliphatic carbocycles. The molecule has 1 atom stereocenters. The van der Waals surface area contributed by atoms with Gasteiger partial charge in [-0.2, -0.15) is 0 Å². The van der Waals surface area contributed by atoms with E-state index in [9.17, 15) is 4.79 Å². The van der Waals surface area contributed by atoms with E-state index < -0.39 is 0 Å². The molecule has 2 aromatic heterocycles. The molecule has 1 fully saturated rings. The molecule has 0 unspecified atom stereocenters. The van der Waals surface area contributed by atoms with Crippen molar-refractivity contribution in [1.29, 1.82) is 0 Å². The van der Waals surface area contributed by atoms with E-state index in [1.165, 1.54) is 0 Å². The summed E-state index contributed by atoms with van der Waals surface area (Å²) < 4.78 is 7.87. The fourth-order valence-corrected chi connectivity index (χ4v) is 2.98. The third-order valence-electron chi connectivity index (χ3n) is 4.34. The van der Waals surface area contributed by atoms with Crippen LogP contribution in [0.2, 0.25) is 0 Å². The lowest BCUT2D eigenvalue weighted by molar-refractivity contribution is -0.136. The summed E-state index contributed by atoms with van der Waals surface area (Å²) >= 11 is 0. The van der Waals surface area contributed by atoms with E-state index in [2.05, 4.69) is 26.4 Å². The van der Waals surface area contributed by atoms with Crippen molar-refractivity contribution in [1.82, 2.24) is 24.4 Å². The minimum atomic E-state index is -0.0157. The number of morpholine rings is 1. The van der Waals surface area contributed by atoms with E-state index in [1.54, 1.807) is 13.1 Å². The molecule has 3 heterocycles. The molecule has 2 aromatic rings. The molecular weight excluding hydrogens is 306 g/mol. The van der Waals surface area contributed by atoms with Gasteiger partial charge in [0.1, 0.15) is 11.5 Å². The summed E-state index contributed by atoms with van der Waals surface area (Å²) in [5.41, 5.74) is 0.922. The summed E-state index contributed by atoms with van der Waals surface area (Å²) in [6.07, 6.45) is 8.78. The van der Waals surface area contributed by atoms with Crippen LogP contribution in [-0.2, 0) is 22.5 Å². The van der Waals surface area contributed by atoms with Crippen molar-refractivity contribution in [3.05, 3.63) is 24.4 Å². The number of hydrogen-bond acceptors (Lipinski definition) is 4. The molecule has 130 valence electrons. The van der Waals surface area contributed by atoms with Crippen LogP contribution in [0.4, 0.5) is 0 Å². The number of H-pyrrole nitrogens is 1. The van der Waals surface area contributed by atoms with Crippen molar-refractivity contribution in [2.45, 2.75) is 45.8 Å². The van der Waals surface area contributed by atoms with Crippen LogP contribution in [0.5, 0.6) is 0 Å². The third kappa shape index (κ3) is 3.84. The van der Waals surface area contributed by atoms with Crippen LogP contribution in [0.25, 0.3) is 11.5 Å². The Bertz CT molecular complexity index is 678. The number of aryl methyl sites for hydroxylation is 1. The van der Waals surface area contributed by atoms with Gasteiger partial charge < -0.3 is 19.2 Å².